The van der Waals surface area contributed by atoms with Crippen LogP contribution in [0.4, 0.5) is 0 Å². The van der Waals surface area contributed by atoms with Gasteiger partial charge in [-0.15, -0.1) is 0 Å². The molecule has 5 heteroatoms. The molecule has 0 aliphatic carbocycles. The average Bonchev–Trinajstić information content (AvgIpc) is 3.06. The van der Waals surface area contributed by atoms with E-state index in [1.165, 1.54) is 6.33 Å². The number of benzene rings is 3. The van der Waals surface area contributed by atoms with Crippen LogP contribution in [0.5, 0.6) is 11.6 Å². The predicted molar refractivity (Wildman–Crippen MR) is 111 cm³/mol. The third-order valence-corrected chi connectivity index (χ3v) is 5.05. The Balaban J connectivity index is 1.40. The number of aromatic nitrogens is 3. The minimum atomic E-state index is 0.316. The summed E-state index contributed by atoms with van der Waals surface area (Å²) in [5.41, 5.74) is 3.03. The van der Waals surface area contributed by atoms with Crippen molar-refractivity contribution < 1.29 is 9.84 Å². The lowest BCUT2D eigenvalue weighted by atomic mass is 10.1. The standard InChI is InChI=1S/C23H19N3O2/c27-21-12-5-11-20-22(21)17-8-2-4-10-19(17)26(20)13-6-14-28-23-16-7-1-3-9-18(16)24-15-25-23/h1-5,7-12,15,27H,6,13-14H2. The van der Waals surface area contributed by atoms with Crippen LogP contribution in [-0.4, -0.2) is 26.2 Å². The van der Waals surface area contributed by atoms with Gasteiger partial charge in [-0.2, -0.15) is 0 Å². The van der Waals surface area contributed by atoms with Gasteiger partial charge in [-0.05, 0) is 36.8 Å². The van der Waals surface area contributed by atoms with E-state index in [0.717, 1.165) is 45.7 Å². The van der Waals surface area contributed by atoms with Gasteiger partial charge in [0.1, 0.15) is 12.1 Å². The molecule has 1 N–H and O–H groups in total. The van der Waals surface area contributed by atoms with Gasteiger partial charge in [-0.1, -0.05) is 36.4 Å². The first kappa shape index (κ1) is 16.6. The van der Waals surface area contributed by atoms with Crippen molar-refractivity contribution in [1.82, 2.24) is 14.5 Å². The minimum absolute atomic E-state index is 0.316. The summed E-state index contributed by atoms with van der Waals surface area (Å²) in [7, 11) is 0. The summed E-state index contributed by atoms with van der Waals surface area (Å²) in [5, 5.41) is 13.2. The van der Waals surface area contributed by atoms with E-state index in [4.69, 9.17) is 4.74 Å². The lowest BCUT2D eigenvalue weighted by Crippen LogP contribution is -2.05. The highest BCUT2D eigenvalue weighted by atomic mass is 16.5. The molecule has 0 bridgehead atoms. The lowest BCUT2D eigenvalue weighted by Gasteiger charge is -2.10. The Morgan fingerprint density at radius 2 is 1.61 bits per heavy atom. The van der Waals surface area contributed by atoms with Crippen molar-refractivity contribution in [3.05, 3.63) is 73.1 Å². The second kappa shape index (κ2) is 6.85. The summed E-state index contributed by atoms with van der Waals surface area (Å²) in [4.78, 5) is 8.55. The number of nitrogens with zero attached hydrogens (tertiary/aromatic N) is 3. The van der Waals surface area contributed by atoms with E-state index in [-0.39, 0.29) is 0 Å². The third kappa shape index (κ3) is 2.72. The maximum absolute atomic E-state index is 10.4. The number of ether oxygens (including phenoxy) is 1. The zero-order valence-electron chi connectivity index (χ0n) is 15.2. The molecule has 0 amide bonds. The molecule has 0 spiro atoms. The zero-order valence-corrected chi connectivity index (χ0v) is 15.2. The number of rotatable bonds is 5. The van der Waals surface area contributed by atoms with Gasteiger partial charge in [0.25, 0.3) is 0 Å². The Kier molecular flexibility index (Phi) is 4.05. The normalized spacial score (nSPS) is 11.4. The van der Waals surface area contributed by atoms with Crippen molar-refractivity contribution in [2.24, 2.45) is 0 Å². The van der Waals surface area contributed by atoms with Crippen LogP contribution in [0.1, 0.15) is 6.42 Å². The first-order valence-corrected chi connectivity index (χ1v) is 9.34. The van der Waals surface area contributed by atoms with E-state index in [1.54, 1.807) is 6.07 Å². The number of phenols is 1. The molecule has 28 heavy (non-hydrogen) atoms. The van der Waals surface area contributed by atoms with Crippen molar-refractivity contribution >= 4 is 32.7 Å². The predicted octanol–water partition coefficient (Wildman–Crippen LogP) is 4.91. The molecule has 0 aliphatic rings. The molecule has 0 aliphatic heterocycles. The Labute approximate surface area is 161 Å². The first-order valence-electron chi connectivity index (χ1n) is 9.34. The van der Waals surface area contributed by atoms with Gasteiger partial charge in [0, 0.05) is 22.8 Å². The van der Waals surface area contributed by atoms with Crippen LogP contribution in [0, 0.1) is 0 Å². The van der Waals surface area contributed by atoms with Crippen LogP contribution in [0.2, 0.25) is 0 Å². The van der Waals surface area contributed by atoms with Crippen LogP contribution in [-0.2, 0) is 6.54 Å². The SMILES string of the molecule is Oc1cccc2c1c1ccccc1n2CCCOc1ncnc2ccccc12. The van der Waals surface area contributed by atoms with E-state index in [0.29, 0.717) is 18.2 Å². The van der Waals surface area contributed by atoms with Crippen LogP contribution in [0.25, 0.3) is 32.7 Å². The lowest BCUT2D eigenvalue weighted by molar-refractivity contribution is 0.295. The molecule has 0 saturated carbocycles. The number of aromatic hydroxyl groups is 1. The van der Waals surface area contributed by atoms with Crippen molar-refractivity contribution in [3.63, 3.8) is 0 Å². The molecule has 0 atom stereocenters. The average molecular weight is 369 g/mol. The maximum Gasteiger partial charge on any atom is 0.224 e. The van der Waals surface area contributed by atoms with Gasteiger partial charge in [0.2, 0.25) is 5.88 Å². The Morgan fingerprint density at radius 1 is 0.821 bits per heavy atom. The second-order valence-electron chi connectivity index (χ2n) is 6.74. The molecule has 2 aromatic heterocycles. The molecular formula is C23H19N3O2. The number of para-hydroxylation sites is 2. The molecule has 2 heterocycles. The number of aryl methyl sites for hydroxylation is 1. The number of hydrogen-bond donors (Lipinski definition) is 1. The molecule has 5 nitrogen and oxygen atoms in total. The van der Waals surface area contributed by atoms with Gasteiger partial charge in [-0.3, -0.25) is 0 Å². The zero-order chi connectivity index (χ0) is 18.9. The van der Waals surface area contributed by atoms with Crippen molar-refractivity contribution in [2.75, 3.05) is 6.61 Å². The Bertz CT molecular complexity index is 1290. The Morgan fingerprint density at radius 3 is 2.54 bits per heavy atom. The minimum Gasteiger partial charge on any atom is -0.507 e. The molecule has 0 radical (unpaired) electrons. The van der Waals surface area contributed by atoms with Crippen LogP contribution < -0.4 is 4.74 Å². The molecule has 5 aromatic rings. The first-order chi connectivity index (χ1) is 13.8. The molecule has 5 rings (SSSR count). The molecule has 138 valence electrons. The van der Waals surface area contributed by atoms with Gasteiger partial charge >= 0.3 is 0 Å². The largest absolute Gasteiger partial charge is 0.507 e. The fourth-order valence-corrected chi connectivity index (χ4v) is 3.81. The van der Waals surface area contributed by atoms with Crippen molar-refractivity contribution in [2.45, 2.75) is 13.0 Å². The summed E-state index contributed by atoms with van der Waals surface area (Å²) in [6, 6.07) is 21.7. The van der Waals surface area contributed by atoms with Gasteiger partial charge in [0.15, 0.2) is 0 Å². The van der Waals surface area contributed by atoms with Crippen molar-refractivity contribution in [3.8, 4) is 11.6 Å². The highest BCUT2D eigenvalue weighted by Gasteiger charge is 2.13. The van der Waals surface area contributed by atoms with E-state index in [2.05, 4.69) is 26.7 Å². The highest BCUT2D eigenvalue weighted by molar-refractivity contribution is 6.11. The topological polar surface area (TPSA) is 60.2 Å². The number of phenolic OH excluding ortho intramolecular Hbond substituents is 1. The van der Waals surface area contributed by atoms with Gasteiger partial charge in [-0.25, -0.2) is 9.97 Å². The monoisotopic (exact) mass is 369 g/mol. The summed E-state index contributed by atoms with van der Waals surface area (Å²) < 4.78 is 8.19. The molecule has 0 fully saturated rings. The van der Waals surface area contributed by atoms with Crippen LogP contribution in [0.3, 0.4) is 0 Å². The maximum atomic E-state index is 10.4. The van der Waals surface area contributed by atoms with E-state index in [1.807, 2.05) is 48.5 Å². The van der Waals surface area contributed by atoms with Crippen LogP contribution in [0.15, 0.2) is 73.1 Å². The fourth-order valence-electron chi connectivity index (χ4n) is 3.81. The fraction of sp³-hybridized carbons (Fsp3) is 0.130. The van der Waals surface area contributed by atoms with Crippen LogP contribution >= 0.6 is 0 Å². The summed E-state index contributed by atoms with van der Waals surface area (Å²) >= 11 is 0. The summed E-state index contributed by atoms with van der Waals surface area (Å²) in [6.07, 6.45) is 2.36. The highest BCUT2D eigenvalue weighted by Crippen LogP contribution is 2.35. The molecular weight excluding hydrogens is 350 g/mol. The summed E-state index contributed by atoms with van der Waals surface area (Å²) in [6.45, 7) is 1.34. The molecule has 3 aromatic carbocycles. The van der Waals surface area contributed by atoms with Gasteiger partial charge in [0.05, 0.1) is 23.0 Å². The number of fused-ring (bicyclic) bond motifs is 4. The quantitative estimate of drug-likeness (QED) is 0.447. The smallest absolute Gasteiger partial charge is 0.224 e. The third-order valence-electron chi connectivity index (χ3n) is 5.05. The number of hydrogen-bond acceptors (Lipinski definition) is 4. The Hall–Kier alpha value is -3.60. The molecule has 0 saturated heterocycles. The van der Waals surface area contributed by atoms with Crippen molar-refractivity contribution in [1.29, 1.82) is 0 Å². The summed E-state index contributed by atoms with van der Waals surface area (Å²) in [5.74, 6) is 0.932. The van der Waals surface area contributed by atoms with E-state index in [9.17, 15) is 5.11 Å². The van der Waals surface area contributed by atoms with E-state index >= 15 is 0 Å². The second-order valence-corrected chi connectivity index (χ2v) is 6.74. The molecule has 0 unspecified atom stereocenters. The van der Waals surface area contributed by atoms with Gasteiger partial charge < -0.3 is 14.4 Å². The van der Waals surface area contributed by atoms with E-state index < -0.39 is 0 Å².